The Bertz CT molecular complexity index is 353. The van der Waals surface area contributed by atoms with Crippen molar-refractivity contribution < 1.29 is 4.74 Å². The van der Waals surface area contributed by atoms with Crippen molar-refractivity contribution in [2.45, 2.75) is 65.0 Å². The molecule has 2 aliphatic heterocycles. The second kappa shape index (κ2) is 12.3. The highest BCUT2D eigenvalue weighted by Crippen LogP contribution is 2.16. The number of piperidine rings is 1. The van der Waals surface area contributed by atoms with Gasteiger partial charge in [-0.2, -0.15) is 0 Å². The fourth-order valence-corrected chi connectivity index (χ4v) is 3.70. The van der Waals surface area contributed by atoms with E-state index in [0.29, 0.717) is 12.1 Å². The average molecular weight is 452 g/mol. The Morgan fingerprint density at radius 2 is 1.79 bits per heavy atom. The average Bonchev–Trinajstić information content (AvgIpc) is 3.10. The van der Waals surface area contributed by atoms with Crippen molar-refractivity contribution in [1.82, 2.24) is 15.1 Å². The molecule has 1 atom stereocenters. The normalized spacial score (nSPS) is 21.6. The molecule has 2 saturated heterocycles. The predicted molar refractivity (Wildman–Crippen MR) is 113 cm³/mol. The van der Waals surface area contributed by atoms with Crippen LogP contribution in [0.5, 0.6) is 0 Å². The van der Waals surface area contributed by atoms with Crippen molar-refractivity contribution in [3.05, 3.63) is 0 Å². The Morgan fingerprint density at radius 3 is 2.33 bits per heavy atom. The van der Waals surface area contributed by atoms with Crippen LogP contribution in [0, 0.1) is 0 Å². The largest absolute Gasteiger partial charge is 0.378 e. The molecule has 2 fully saturated rings. The van der Waals surface area contributed by atoms with Gasteiger partial charge in [0, 0.05) is 32.3 Å². The van der Waals surface area contributed by atoms with E-state index in [9.17, 15) is 0 Å². The Balaban J connectivity index is 0.00000288. The number of halogens is 1. The topological polar surface area (TPSA) is 40.1 Å². The summed E-state index contributed by atoms with van der Waals surface area (Å²) in [5, 5.41) is 3.49. The number of guanidine groups is 1. The minimum Gasteiger partial charge on any atom is -0.378 e. The SMILES string of the molecule is CCNC(=NCC(CC)N1CCCC1)N1CCC(OCC)CC1.I. The van der Waals surface area contributed by atoms with E-state index in [1.165, 1.54) is 32.4 Å². The summed E-state index contributed by atoms with van der Waals surface area (Å²) in [7, 11) is 0. The molecule has 0 radical (unpaired) electrons. The minimum absolute atomic E-state index is 0. The maximum absolute atomic E-state index is 5.76. The number of likely N-dealkylation sites (tertiary alicyclic amines) is 2. The van der Waals surface area contributed by atoms with E-state index in [2.05, 4.69) is 35.9 Å². The summed E-state index contributed by atoms with van der Waals surface area (Å²) in [5.74, 6) is 1.10. The molecule has 0 spiro atoms. The van der Waals surface area contributed by atoms with Crippen LogP contribution in [0.3, 0.4) is 0 Å². The summed E-state index contributed by atoms with van der Waals surface area (Å²) in [6.45, 7) is 13.8. The van der Waals surface area contributed by atoms with Crippen molar-refractivity contribution in [2.24, 2.45) is 4.99 Å². The lowest BCUT2D eigenvalue weighted by Crippen LogP contribution is -2.47. The van der Waals surface area contributed by atoms with Crippen LogP contribution in [0.2, 0.25) is 0 Å². The van der Waals surface area contributed by atoms with E-state index in [1.807, 2.05) is 0 Å². The summed E-state index contributed by atoms with van der Waals surface area (Å²) < 4.78 is 5.76. The monoisotopic (exact) mass is 452 g/mol. The van der Waals surface area contributed by atoms with Gasteiger partial charge < -0.3 is 15.0 Å². The van der Waals surface area contributed by atoms with Crippen LogP contribution < -0.4 is 5.32 Å². The first-order valence-electron chi connectivity index (χ1n) is 9.67. The van der Waals surface area contributed by atoms with Crippen molar-refractivity contribution in [1.29, 1.82) is 0 Å². The number of nitrogens with zero attached hydrogens (tertiary/aromatic N) is 3. The van der Waals surface area contributed by atoms with Crippen molar-refractivity contribution in [3.63, 3.8) is 0 Å². The second-order valence-corrected chi connectivity index (χ2v) is 6.64. The number of ether oxygens (including phenoxy) is 1. The summed E-state index contributed by atoms with van der Waals surface area (Å²) >= 11 is 0. The van der Waals surface area contributed by atoms with E-state index in [0.717, 1.165) is 51.6 Å². The van der Waals surface area contributed by atoms with Crippen LogP contribution >= 0.6 is 24.0 Å². The highest BCUT2D eigenvalue weighted by molar-refractivity contribution is 14.0. The number of aliphatic imine (C=N–C) groups is 1. The zero-order chi connectivity index (χ0) is 16.5. The van der Waals surface area contributed by atoms with E-state index in [1.54, 1.807) is 0 Å². The Kier molecular flexibility index (Phi) is 11.3. The van der Waals surface area contributed by atoms with Crippen molar-refractivity contribution in [2.75, 3.05) is 45.9 Å². The molecule has 1 unspecified atom stereocenters. The molecule has 24 heavy (non-hydrogen) atoms. The summed E-state index contributed by atoms with van der Waals surface area (Å²) in [6.07, 6.45) is 6.56. The lowest BCUT2D eigenvalue weighted by molar-refractivity contribution is 0.0263. The Labute approximate surface area is 165 Å². The number of hydrogen-bond donors (Lipinski definition) is 1. The maximum atomic E-state index is 5.76. The van der Waals surface area contributed by atoms with Gasteiger partial charge in [0.25, 0.3) is 0 Å². The van der Waals surface area contributed by atoms with Gasteiger partial charge in [-0.25, -0.2) is 0 Å². The van der Waals surface area contributed by atoms with E-state index in [4.69, 9.17) is 9.73 Å². The molecule has 0 aromatic heterocycles. The van der Waals surface area contributed by atoms with Gasteiger partial charge in [-0.3, -0.25) is 9.89 Å². The second-order valence-electron chi connectivity index (χ2n) is 6.64. The molecule has 0 aliphatic carbocycles. The maximum Gasteiger partial charge on any atom is 0.193 e. The molecule has 2 rings (SSSR count). The highest BCUT2D eigenvalue weighted by Gasteiger charge is 2.23. The summed E-state index contributed by atoms with van der Waals surface area (Å²) in [5.41, 5.74) is 0. The smallest absolute Gasteiger partial charge is 0.193 e. The van der Waals surface area contributed by atoms with Crippen molar-refractivity contribution >= 4 is 29.9 Å². The van der Waals surface area contributed by atoms with Crippen LogP contribution in [0.4, 0.5) is 0 Å². The van der Waals surface area contributed by atoms with Crippen LogP contribution in [0.25, 0.3) is 0 Å². The fourth-order valence-electron chi connectivity index (χ4n) is 3.70. The van der Waals surface area contributed by atoms with Crippen LogP contribution in [0.15, 0.2) is 4.99 Å². The lowest BCUT2D eigenvalue weighted by Gasteiger charge is -2.34. The third-order valence-corrected chi connectivity index (χ3v) is 5.06. The molecule has 0 amide bonds. The number of hydrogen-bond acceptors (Lipinski definition) is 3. The molecule has 6 heteroatoms. The van der Waals surface area contributed by atoms with Gasteiger partial charge in [-0.1, -0.05) is 6.92 Å². The third kappa shape index (κ3) is 6.67. The predicted octanol–water partition coefficient (Wildman–Crippen LogP) is 2.95. The Morgan fingerprint density at radius 1 is 1.12 bits per heavy atom. The van der Waals surface area contributed by atoms with Gasteiger partial charge in [0.1, 0.15) is 0 Å². The molecule has 0 bridgehead atoms. The standard InChI is InChI=1S/C18H36N4O.HI/c1-4-16(21-11-7-8-12-21)15-20-18(19-5-2)22-13-9-17(10-14-22)23-6-3;/h16-17H,4-15H2,1-3H3,(H,19,20);1H. The van der Waals surface area contributed by atoms with Gasteiger partial charge >= 0.3 is 0 Å². The van der Waals surface area contributed by atoms with Gasteiger partial charge in [-0.05, 0) is 59.0 Å². The van der Waals surface area contributed by atoms with Crippen LogP contribution in [-0.4, -0.2) is 73.8 Å². The summed E-state index contributed by atoms with van der Waals surface area (Å²) in [6, 6.07) is 0.604. The van der Waals surface area contributed by atoms with Crippen LogP contribution in [0.1, 0.15) is 52.9 Å². The minimum atomic E-state index is 0. The van der Waals surface area contributed by atoms with Gasteiger partial charge in [0.2, 0.25) is 0 Å². The first kappa shape index (κ1) is 22.0. The molecule has 2 heterocycles. The van der Waals surface area contributed by atoms with E-state index < -0.39 is 0 Å². The number of nitrogens with one attached hydrogen (secondary N) is 1. The summed E-state index contributed by atoms with van der Waals surface area (Å²) in [4.78, 5) is 10.0. The molecule has 5 nitrogen and oxygen atoms in total. The molecule has 0 aromatic rings. The first-order chi connectivity index (χ1) is 11.3. The van der Waals surface area contributed by atoms with Gasteiger partial charge in [-0.15, -0.1) is 24.0 Å². The molecule has 1 N–H and O–H groups in total. The first-order valence-corrected chi connectivity index (χ1v) is 9.67. The highest BCUT2D eigenvalue weighted by atomic mass is 127. The van der Waals surface area contributed by atoms with Crippen LogP contribution in [-0.2, 0) is 4.74 Å². The lowest BCUT2D eigenvalue weighted by atomic mass is 10.1. The molecule has 2 aliphatic rings. The Hall–Kier alpha value is -0.0800. The fraction of sp³-hybridized carbons (Fsp3) is 0.944. The molecular formula is C18H37IN4O. The zero-order valence-electron chi connectivity index (χ0n) is 15.8. The van der Waals surface area contributed by atoms with E-state index >= 15 is 0 Å². The molecular weight excluding hydrogens is 415 g/mol. The van der Waals surface area contributed by atoms with Crippen molar-refractivity contribution in [3.8, 4) is 0 Å². The molecule has 0 saturated carbocycles. The van der Waals surface area contributed by atoms with Gasteiger partial charge in [0.15, 0.2) is 5.96 Å². The molecule has 0 aromatic carbocycles. The number of rotatable bonds is 7. The van der Waals surface area contributed by atoms with Gasteiger partial charge in [0.05, 0.1) is 12.6 Å². The molecule has 142 valence electrons. The zero-order valence-corrected chi connectivity index (χ0v) is 18.1. The van der Waals surface area contributed by atoms with E-state index in [-0.39, 0.29) is 24.0 Å². The third-order valence-electron chi connectivity index (χ3n) is 5.06. The quantitative estimate of drug-likeness (QED) is 0.367.